The zero-order valence-electron chi connectivity index (χ0n) is 11.5. The molecule has 0 amide bonds. The maximum Gasteiger partial charge on any atom is 0.128 e. The summed E-state index contributed by atoms with van der Waals surface area (Å²) in [7, 11) is 0. The molecular formula is C15H17BrFN3. The minimum Gasteiger partial charge on any atom is -0.383 e. The fraction of sp³-hybridized carbons (Fsp3) is 0.267. The van der Waals surface area contributed by atoms with Gasteiger partial charge in [0.05, 0.1) is 6.04 Å². The summed E-state index contributed by atoms with van der Waals surface area (Å²) in [6.07, 6.45) is 1.68. The highest BCUT2D eigenvalue weighted by Crippen LogP contribution is 2.33. The van der Waals surface area contributed by atoms with Crippen LogP contribution in [0.25, 0.3) is 0 Å². The van der Waals surface area contributed by atoms with Crippen LogP contribution in [0.5, 0.6) is 0 Å². The molecule has 3 N–H and O–H groups in total. The van der Waals surface area contributed by atoms with Gasteiger partial charge < -0.3 is 11.1 Å². The first kappa shape index (κ1) is 14.9. The molecule has 0 radical (unpaired) electrons. The van der Waals surface area contributed by atoms with E-state index < -0.39 is 0 Å². The van der Waals surface area contributed by atoms with E-state index in [1.54, 1.807) is 12.3 Å². The Morgan fingerprint density at radius 3 is 2.80 bits per heavy atom. The molecule has 1 heterocycles. The number of benzene rings is 1. The van der Waals surface area contributed by atoms with Gasteiger partial charge in [-0.25, -0.2) is 9.37 Å². The third-order valence-electron chi connectivity index (χ3n) is 3.20. The van der Waals surface area contributed by atoms with Crippen LogP contribution in [0.4, 0.5) is 10.2 Å². The minimum absolute atomic E-state index is 0.196. The van der Waals surface area contributed by atoms with Crippen molar-refractivity contribution >= 4 is 21.7 Å². The highest BCUT2D eigenvalue weighted by Gasteiger charge is 2.21. The smallest absolute Gasteiger partial charge is 0.128 e. The molecule has 0 aliphatic carbocycles. The van der Waals surface area contributed by atoms with Crippen LogP contribution in [-0.2, 0) is 0 Å². The van der Waals surface area contributed by atoms with Crippen molar-refractivity contribution in [1.29, 1.82) is 0 Å². The third-order valence-corrected chi connectivity index (χ3v) is 3.93. The number of hydrogen-bond acceptors (Lipinski definition) is 3. The number of nitrogens with one attached hydrogen (secondary N) is 1. The molecular weight excluding hydrogens is 321 g/mol. The molecule has 5 heteroatoms. The molecule has 1 aromatic heterocycles. The van der Waals surface area contributed by atoms with Crippen LogP contribution >= 0.6 is 15.9 Å². The van der Waals surface area contributed by atoms with Gasteiger partial charge in [0.1, 0.15) is 11.6 Å². The summed E-state index contributed by atoms with van der Waals surface area (Å²) in [5.41, 5.74) is 8.75. The molecule has 0 spiro atoms. The van der Waals surface area contributed by atoms with Gasteiger partial charge in [0.15, 0.2) is 0 Å². The zero-order valence-corrected chi connectivity index (χ0v) is 13.0. The van der Waals surface area contributed by atoms with Crippen LogP contribution in [0.3, 0.4) is 0 Å². The van der Waals surface area contributed by atoms with Crippen LogP contribution in [0.1, 0.15) is 29.7 Å². The van der Waals surface area contributed by atoms with E-state index in [1.165, 1.54) is 12.1 Å². The van der Waals surface area contributed by atoms with E-state index in [9.17, 15) is 4.39 Å². The Kier molecular flexibility index (Phi) is 4.73. The lowest BCUT2D eigenvalue weighted by Gasteiger charge is -2.23. The van der Waals surface area contributed by atoms with Crippen molar-refractivity contribution in [3.63, 3.8) is 0 Å². The second kappa shape index (κ2) is 6.33. The first-order valence-electron chi connectivity index (χ1n) is 6.44. The van der Waals surface area contributed by atoms with E-state index in [2.05, 4.69) is 26.2 Å². The van der Waals surface area contributed by atoms with Gasteiger partial charge in [-0.3, -0.25) is 0 Å². The second-order valence-electron chi connectivity index (χ2n) is 4.58. The van der Waals surface area contributed by atoms with Gasteiger partial charge in [-0.15, -0.1) is 0 Å². The molecule has 0 bridgehead atoms. The van der Waals surface area contributed by atoms with Gasteiger partial charge in [0.25, 0.3) is 0 Å². The van der Waals surface area contributed by atoms with Crippen molar-refractivity contribution in [3.05, 3.63) is 57.4 Å². The van der Waals surface area contributed by atoms with E-state index in [0.717, 1.165) is 27.7 Å². The van der Waals surface area contributed by atoms with E-state index in [0.29, 0.717) is 5.82 Å². The van der Waals surface area contributed by atoms with E-state index in [4.69, 9.17) is 5.73 Å². The van der Waals surface area contributed by atoms with Gasteiger partial charge in [0.2, 0.25) is 0 Å². The van der Waals surface area contributed by atoms with Gasteiger partial charge in [-0.2, -0.15) is 0 Å². The van der Waals surface area contributed by atoms with Crippen LogP contribution in [0, 0.1) is 12.7 Å². The van der Waals surface area contributed by atoms with Crippen molar-refractivity contribution in [2.75, 3.05) is 12.3 Å². The lowest BCUT2D eigenvalue weighted by Crippen LogP contribution is -2.24. The fourth-order valence-corrected chi connectivity index (χ4v) is 2.75. The maximum atomic E-state index is 13.6. The van der Waals surface area contributed by atoms with Gasteiger partial charge in [-0.1, -0.05) is 22.9 Å². The SMILES string of the molecule is CCNC(c1cc(F)ccc1Br)c1c(C)ccnc1N. The van der Waals surface area contributed by atoms with Gasteiger partial charge >= 0.3 is 0 Å². The van der Waals surface area contributed by atoms with Crippen molar-refractivity contribution in [1.82, 2.24) is 10.3 Å². The first-order valence-corrected chi connectivity index (χ1v) is 7.23. The number of aromatic nitrogens is 1. The van der Waals surface area contributed by atoms with Crippen LogP contribution in [-0.4, -0.2) is 11.5 Å². The summed E-state index contributed by atoms with van der Waals surface area (Å²) in [5.74, 6) is 0.193. The number of aryl methyl sites for hydroxylation is 1. The highest BCUT2D eigenvalue weighted by molar-refractivity contribution is 9.10. The van der Waals surface area contributed by atoms with Gasteiger partial charge in [0, 0.05) is 16.2 Å². The Balaban J connectivity index is 2.59. The predicted octanol–water partition coefficient (Wildman–Crippen LogP) is 3.57. The largest absolute Gasteiger partial charge is 0.383 e. The molecule has 1 aromatic carbocycles. The lowest BCUT2D eigenvalue weighted by atomic mass is 9.95. The summed E-state index contributed by atoms with van der Waals surface area (Å²) in [5, 5.41) is 3.35. The molecule has 106 valence electrons. The lowest BCUT2D eigenvalue weighted by molar-refractivity contribution is 0.600. The highest BCUT2D eigenvalue weighted by atomic mass is 79.9. The molecule has 20 heavy (non-hydrogen) atoms. The molecule has 0 aliphatic rings. The van der Waals surface area contributed by atoms with Crippen molar-refractivity contribution in [2.24, 2.45) is 0 Å². The first-order chi connectivity index (χ1) is 9.54. The monoisotopic (exact) mass is 337 g/mol. The standard InChI is InChI=1S/C15H17BrFN3/c1-3-19-14(11-8-10(17)4-5-12(11)16)13-9(2)6-7-20-15(13)18/h4-8,14,19H,3H2,1-2H3,(H2,18,20). The minimum atomic E-state index is -0.272. The fourth-order valence-electron chi connectivity index (χ4n) is 2.27. The summed E-state index contributed by atoms with van der Waals surface area (Å²) < 4.78 is 14.4. The maximum absolute atomic E-state index is 13.6. The van der Waals surface area contributed by atoms with Gasteiger partial charge in [-0.05, 0) is 48.9 Å². The molecule has 0 aliphatic heterocycles. The Morgan fingerprint density at radius 2 is 2.15 bits per heavy atom. The molecule has 3 nitrogen and oxygen atoms in total. The Morgan fingerprint density at radius 1 is 1.40 bits per heavy atom. The number of nitrogens with zero attached hydrogens (tertiary/aromatic N) is 1. The number of pyridine rings is 1. The topological polar surface area (TPSA) is 50.9 Å². The third kappa shape index (κ3) is 2.99. The average Bonchev–Trinajstić information content (AvgIpc) is 2.40. The molecule has 1 atom stereocenters. The normalized spacial score (nSPS) is 12.4. The summed E-state index contributed by atoms with van der Waals surface area (Å²) in [4.78, 5) is 4.15. The van der Waals surface area contributed by atoms with Crippen LogP contribution in [0.2, 0.25) is 0 Å². The van der Waals surface area contributed by atoms with Crippen LogP contribution in [0.15, 0.2) is 34.9 Å². The number of halogens is 2. The van der Waals surface area contributed by atoms with Crippen molar-refractivity contribution in [3.8, 4) is 0 Å². The van der Waals surface area contributed by atoms with Crippen molar-refractivity contribution < 1.29 is 4.39 Å². The Labute approximate surface area is 126 Å². The van der Waals surface area contributed by atoms with E-state index >= 15 is 0 Å². The average molecular weight is 338 g/mol. The Hall–Kier alpha value is -1.46. The summed E-state index contributed by atoms with van der Waals surface area (Å²) in [6.45, 7) is 4.72. The molecule has 0 fully saturated rings. The number of nitrogen functional groups attached to an aromatic ring is 1. The number of nitrogens with two attached hydrogens (primary N) is 1. The molecule has 1 unspecified atom stereocenters. The summed E-state index contributed by atoms with van der Waals surface area (Å²) in [6, 6.07) is 6.36. The molecule has 2 rings (SSSR count). The van der Waals surface area contributed by atoms with E-state index in [1.807, 2.05) is 19.9 Å². The van der Waals surface area contributed by atoms with E-state index in [-0.39, 0.29) is 11.9 Å². The molecule has 2 aromatic rings. The van der Waals surface area contributed by atoms with Crippen molar-refractivity contribution in [2.45, 2.75) is 19.9 Å². The molecule has 0 saturated heterocycles. The summed E-state index contributed by atoms with van der Waals surface area (Å²) >= 11 is 3.48. The number of rotatable bonds is 4. The second-order valence-corrected chi connectivity index (χ2v) is 5.44. The number of hydrogen-bond donors (Lipinski definition) is 2. The zero-order chi connectivity index (χ0) is 14.7. The Bertz CT molecular complexity index is 596. The number of anilines is 1. The molecule has 0 saturated carbocycles. The predicted molar refractivity (Wildman–Crippen MR) is 83.0 cm³/mol. The quantitative estimate of drug-likeness (QED) is 0.896. The van der Waals surface area contributed by atoms with Crippen LogP contribution < -0.4 is 11.1 Å².